The molecule has 1 fully saturated rings. The average Bonchev–Trinajstić information content (AvgIpc) is 2.35. The molecule has 0 bridgehead atoms. The second-order valence-electron chi connectivity index (χ2n) is 5.85. The molecule has 2 amide bonds. The number of rotatable bonds is 3. The Bertz CT molecular complexity index is 339. The summed E-state index contributed by atoms with van der Waals surface area (Å²) in [5.74, 6) is 0.0557. The van der Waals surface area contributed by atoms with Crippen molar-refractivity contribution in [3.8, 4) is 0 Å². The lowest BCUT2D eigenvalue weighted by Crippen LogP contribution is -2.49. The summed E-state index contributed by atoms with van der Waals surface area (Å²) in [6, 6.07) is 0.148. The largest absolute Gasteiger partial charge is 0.445 e. The molecule has 0 radical (unpaired) electrons. The van der Waals surface area contributed by atoms with Crippen molar-refractivity contribution in [3.63, 3.8) is 0 Å². The molecule has 1 saturated heterocycles. The topological polar surface area (TPSA) is 58.6 Å². The first-order valence-electron chi connectivity index (χ1n) is 6.68. The molecule has 1 N–H and O–H groups in total. The second-order valence-corrected chi connectivity index (χ2v) is 5.85. The Morgan fingerprint density at radius 3 is 2.42 bits per heavy atom. The number of carbonyl (C=O) groups is 2. The molecular formula is C14H24N2O3. The molecule has 5 nitrogen and oxygen atoms in total. The van der Waals surface area contributed by atoms with Crippen LogP contribution in [0.15, 0.2) is 12.7 Å². The average molecular weight is 268 g/mol. The highest BCUT2D eigenvalue weighted by molar-refractivity contribution is 5.81. The van der Waals surface area contributed by atoms with E-state index in [9.17, 15) is 9.59 Å². The van der Waals surface area contributed by atoms with Gasteiger partial charge in [0.05, 0.1) is 0 Å². The highest BCUT2D eigenvalue weighted by Crippen LogP contribution is 2.16. The molecule has 0 saturated carbocycles. The van der Waals surface area contributed by atoms with Gasteiger partial charge in [0, 0.05) is 24.5 Å². The fourth-order valence-electron chi connectivity index (χ4n) is 1.83. The van der Waals surface area contributed by atoms with Crippen LogP contribution in [0.25, 0.3) is 0 Å². The van der Waals surface area contributed by atoms with Crippen molar-refractivity contribution in [1.82, 2.24) is 10.2 Å². The number of nitrogens with zero attached hydrogens (tertiary/aromatic N) is 1. The fraction of sp³-hybridized carbons (Fsp3) is 0.714. The van der Waals surface area contributed by atoms with Crippen LogP contribution in [0, 0.1) is 5.41 Å². The van der Waals surface area contributed by atoms with Crippen molar-refractivity contribution >= 4 is 12.0 Å². The van der Waals surface area contributed by atoms with E-state index in [4.69, 9.17) is 4.74 Å². The SMILES string of the molecule is C=CCOC(=O)N1CCC(NC(=O)C(C)(C)C)CC1. The van der Waals surface area contributed by atoms with Crippen molar-refractivity contribution in [2.75, 3.05) is 19.7 Å². The van der Waals surface area contributed by atoms with E-state index in [-0.39, 0.29) is 30.1 Å². The molecule has 1 rings (SSSR count). The monoisotopic (exact) mass is 268 g/mol. The minimum Gasteiger partial charge on any atom is -0.445 e. The summed E-state index contributed by atoms with van der Waals surface area (Å²) in [6.45, 7) is 10.6. The zero-order chi connectivity index (χ0) is 14.5. The molecule has 1 aliphatic heterocycles. The van der Waals surface area contributed by atoms with Crippen LogP contribution in [0.5, 0.6) is 0 Å². The molecular weight excluding hydrogens is 244 g/mol. The Labute approximate surface area is 115 Å². The van der Waals surface area contributed by atoms with Gasteiger partial charge in [0.2, 0.25) is 5.91 Å². The molecule has 0 aromatic rings. The Morgan fingerprint density at radius 2 is 1.95 bits per heavy atom. The van der Waals surface area contributed by atoms with Gasteiger partial charge in [-0.1, -0.05) is 33.4 Å². The summed E-state index contributed by atoms with van der Waals surface area (Å²) in [5.41, 5.74) is -0.375. The van der Waals surface area contributed by atoms with Gasteiger partial charge >= 0.3 is 6.09 Å². The van der Waals surface area contributed by atoms with Crippen LogP contribution in [0.3, 0.4) is 0 Å². The van der Waals surface area contributed by atoms with Crippen LogP contribution < -0.4 is 5.32 Å². The van der Waals surface area contributed by atoms with Crippen molar-refractivity contribution in [1.29, 1.82) is 0 Å². The molecule has 0 atom stereocenters. The molecule has 0 aliphatic carbocycles. The summed E-state index contributed by atoms with van der Waals surface area (Å²) in [7, 11) is 0. The fourth-order valence-corrected chi connectivity index (χ4v) is 1.83. The summed E-state index contributed by atoms with van der Waals surface area (Å²) in [5, 5.41) is 3.03. The lowest BCUT2D eigenvalue weighted by atomic mass is 9.94. The molecule has 0 aromatic heterocycles. The van der Waals surface area contributed by atoms with Crippen LogP contribution >= 0.6 is 0 Å². The van der Waals surface area contributed by atoms with E-state index in [1.807, 2.05) is 20.8 Å². The van der Waals surface area contributed by atoms with E-state index in [0.29, 0.717) is 13.1 Å². The maximum absolute atomic E-state index is 11.9. The van der Waals surface area contributed by atoms with Crippen molar-refractivity contribution < 1.29 is 14.3 Å². The molecule has 0 aromatic carbocycles. The Morgan fingerprint density at radius 1 is 1.37 bits per heavy atom. The van der Waals surface area contributed by atoms with Gasteiger partial charge in [-0.05, 0) is 12.8 Å². The molecule has 1 aliphatic rings. The van der Waals surface area contributed by atoms with E-state index in [0.717, 1.165) is 12.8 Å². The number of nitrogens with one attached hydrogen (secondary N) is 1. The first-order valence-corrected chi connectivity index (χ1v) is 6.68. The third kappa shape index (κ3) is 4.93. The van der Waals surface area contributed by atoms with Gasteiger partial charge in [-0.2, -0.15) is 0 Å². The van der Waals surface area contributed by atoms with Crippen LogP contribution in [-0.2, 0) is 9.53 Å². The van der Waals surface area contributed by atoms with E-state index in [1.165, 1.54) is 0 Å². The van der Waals surface area contributed by atoms with Crippen LogP contribution in [0.2, 0.25) is 0 Å². The zero-order valence-electron chi connectivity index (χ0n) is 12.1. The minimum atomic E-state index is -0.375. The number of likely N-dealkylation sites (tertiary alicyclic amines) is 1. The summed E-state index contributed by atoms with van der Waals surface area (Å²) < 4.78 is 4.98. The van der Waals surface area contributed by atoms with Crippen LogP contribution in [0.1, 0.15) is 33.6 Å². The van der Waals surface area contributed by atoms with Gasteiger partial charge in [0.1, 0.15) is 6.61 Å². The van der Waals surface area contributed by atoms with Gasteiger partial charge in [0.15, 0.2) is 0 Å². The van der Waals surface area contributed by atoms with Crippen molar-refractivity contribution in [3.05, 3.63) is 12.7 Å². The van der Waals surface area contributed by atoms with Gasteiger partial charge in [0.25, 0.3) is 0 Å². The van der Waals surface area contributed by atoms with Crippen LogP contribution in [-0.4, -0.2) is 42.6 Å². The number of amides is 2. The smallest absolute Gasteiger partial charge is 0.410 e. The number of ether oxygens (including phenoxy) is 1. The lowest BCUT2D eigenvalue weighted by Gasteiger charge is -2.33. The number of piperidine rings is 1. The highest BCUT2D eigenvalue weighted by Gasteiger charge is 2.28. The highest BCUT2D eigenvalue weighted by atomic mass is 16.6. The molecule has 0 unspecified atom stereocenters. The number of carbonyl (C=O) groups excluding carboxylic acids is 2. The second kappa shape index (κ2) is 6.59. The first-order chi connectivity index (χ1) is 8.84. The van der Waals surface area contributed by atoms with Crippen molar-refractivity contribution in [2.45, 2.75) is 39.7 Å². The molecule has 0 spiro atoms. The number of hydrogen-bond acceptors (Lipinski definition) is 3. The van der Waals surface area contributed by atoms with E-state index in [1.54, 1.807) is 11.0 Å². The predicted octanol–water partition coefficient (Wildman–Crippen LogP) is 1.94. The predicted molar refractivity (Wildman–Crippen MR) is 73.7 cm³/mol. The van der Waals surface area contributed by atoms with E-state index in [2.05, 4.69) is 11.9 Å². The minimum absolute atomic E-state index is 0.0557. The molecule has 19 heavy (non-hydrogen) atoms. The van der Waals surface area contributed by atoms with E-state index >= 15 is 0 Å². The Balaban J connectivity index is 2.35. The van der Waals surface area contributed by atoms with Gasteiger partial charge in [-0.25, -0.2) is 4.79 Å². The third-order valence-corrected chi connectivity index (χ3v) is 3.09. The Kier molecular flexibility index (Phi) is 5.39. The maximum Gasteiger partial charge on any atom is 0.410 e. The normalized spacial score (nSPS) is 16.9. The summed E-state index contributed by atoms with van der Waals surface area (Å²) >= 11 is 0. The standard InChI is InChI=1S/C14H24N2O3/c1-5-10-19-13(18)16-8-6-11(7-9-16)15-12(17)14(2,3)4/h5,11H,1,6-10H2,2-4H3,(H,15,17). The number of hydrogen-bond donors (Lipinski definition) is 1. The van der Waals surface area contributed by atoms with Gasteiger partial charge in [-0.15, -0.1) is 0 Å². The molecule has 5 heteroatoms. The zero-order valence-corrected chi connectivity index (χ0v) is 12.1. The summed E-state index contributed by atoms with van der Waals surface area (Å²) in [6.07, 6.45) is 2.78. The maximum atomic E-state index is 11.9. The third-order valence-electron chi connectivity index (χ3n) is 3.09. The van der Waals surface area contributed by atoms with Gasteiger partial charge in [-0.3, -0.25) is 4.79 Å². The summed E-state index contributed by atoms with van der Waals surface area (Å²) in [4.78, 5) is 25.1. The Hall–Kier alpha value is -1.52. The first kappa shape index (κ1) is 15.5. The van der Waals surface area contributed by atoms with Crippen LogP contribution in [0.4, 0.5) is 4.79 Å². The van der Waals surface area contributed by atoms with Gasteiger partial charge < -0.3 is 15.0 Å². The molecule has 1 heterocycles. The lowest BCUT2D eigenvalue weighted by molar-refractivity contribution is -0.129. The van der Waals surface area contributed by atoms with Crippen molar-refractivity contribution in [2.24, 2.45) is 5.41 Å². The molecule has 108 valence electrons. The van der Waals surface area contributed by atoms with E-state index < -0.39 is 0 Å². The quantitative estimate of drug-likeness (QED) is 0.796.